The van der Waals surface area contributed by atoms with Crippen LogP contribution in [0.15, 0.2) is 47.2 Å². The fraction of sp³-hybridized carbons (Fsp3) is 0.484. The first-order chi connectivity index (χ1) is 23.7. The Labute approximate surface area is 292 Å². The molecule has 4 heterocycles. The molecule has 3 aromatic rings. The zero-order valence-corrected chi connectivity index (χ0v) is 29.3. The Hall–Kier alpha value is -4.43. The third-order valence-electron chi connectivity index (χ3n) is 8.55. The summed E-state index contributed by atoms with van der Waals surface area (Å²) in [4.78, 5) is 47.3. The van der Waals surface area contributed by atoms with E-state index in [1.807, 2.05) is 12.1 Å². The van der Waals surface area contributed by atoms with Crippen molar-refractivity contribution in [1.82, 2.24) is 20.0 Å². The van der Waals surface area contributed by atoms with E-state index in [-0.39, 0.29) is 10.8 Å². The van der Waals surface area contributed by atoms with Crippen molar-refractivity contribution < 1.29 is 51.0 Å². The third kappa shape index (κ3) is 8.64. The molecule has 19 heteroatoms. The number of ketones is 1. The maximum atomic E-state index is 13.4. The number of amides is 1. The molecule has 2 fully saturated rings. The second kappa shape index (κ2) is 15.2. The van der Waals surface area contributed by atoms with Gasteiger partial charge in [-0.3, -0.25) is 9.59 Å². The van der Waals surface area contributed by atoms with Crippen LogP contribution in [-0.4, -0.2) is 87.5 Å². The topological polar surface area (TPSA) is 232 Å². The van der Waals surface area contributed by atoms with Crippen molar-refractivity contribution in [1.29, 1.82) is 0 Å². The van der Waals surface area contributed by atoms with Gasteiger partial charge in [0.05, 0.1) is 29.8 Å². The van der Waals surface area contributed by atoms with Gasteiger partial charge in [0, 0.05) is 30.8 Å². The summed E-state index contributed by atoms with van der Waals surface area (Å²) in [5, 5.41) is 18.8. The first-order valence-electron chi connectivity index (χ1n) is 15.9. The molecule has 2 atom stereocenters. The van der Waals surface area contributed by atoms with E-state index in [1.54, 1.807) is 12.1 Å². The molecule has 2 aromatic heterocycles. The number of nitrogens with two attached hydrogens (primary N) is 1. The number of hydroxylamine groups is 2. The lowest BCUT2D eigenvalue weighted by Gasteiger charge is -2.51. The average molecular weight is 734 g/mol. The van der Waals surface area contributed by atoms with E-state index < -0.39 is 64.4 Å². The van der Waals surface area contributed by atoms with Crippen LogP contribution in [0.4, 0.5) is 5.13 Å². The van der Waals surface area contributed by atoms with Gasteiger partial charge in [0.15, 0.2) is 23.2 Å². The number of oxime groups is 1. The molecule has 50 heavy (non-hydrogen) atoms. The monoisotopic (exact) mass is 733 g/mol. The average Bonchev–Trinajstić information content (AvgIpc) is 3.66. The molecular weight excluding hydrogens is 695 g/mol. The molecule has 0 unspecified atom stereocenters. The van der Waals surface area contributed by atoms with E-state index in [4.69, 9.17) is 15.3 Å². The maximum absolute atomic E-state index is 13.4. The molecular formula is C31H39N7O10S2. The number of nitrogen functional groups attached to an aromatic ring is 1. The van der Waals surface area contributed by atoms with E-state index in [2.05, 4.69) is 48.4 Å². The number of hydrogen-bond acceptors (Lipinski definition) is 14. The zero-order chi connectivity index (χ0) is 36.2. The van der Waals surface area contributed by atoms with Crippen molar-refractivity contribution in [2.24, 2.45) is 17.0 Å². The van der Waals surface area contributed by atoms with Crippen LogP contribution >= 0.6 is 11.3 Å². The number of Topliss-reactive ketones (excluding diaryl/α,β-unsaturated/α-hetero) is 1. The van der Waals surface area contributed by atoms with Gasteiger partial charge < -0.3 is 30.3 Å². The van der Waals surface area contributed by atoms with Crippen molar-refractivity contribution in [2.75, 3.05) is 25.4 Å². The molecule has 1 amide bonds. The predicted molar refractivity (Wildman–Crippen MR) is 177 cm³/mol. The number of thiazole rings is 1. The number of carboxylic acids is 1. The molecule has 0 radical (unpaired) electrons. The molecule has 2 aliphatic rings. The summed E-state index contributed by atoms with van der Waals surface area (Å²) >= 11 is 0.990. The van der Waals surface area contributed by atoms with Crippen LogP contribution in [0.3, 0.4) is 0 Å². The normalized spacial score (nSPS) is 18.3. The van der Waals surface area contributed by atoms with Gasteiger partial charge in [-0.25, -0.2) is 18.2 Å². The Bertz CT molecular complexity index is 1850. The number of nitrogens with one attached hydrogen (secondary N) is 1. The lowest BCUT2D eigenvalue weighted by molar-refractivity contribution is -0.781. The number of nitrogens with zero attached hydrogens (tertiary/aromatic N) is 5. The van der Waals surface area contributed by atoms with E-state index in [1.165, 1.54) is 19.2 Å². The lowest BCUT2D eigenvalue weighted by atomic mass is 9.74. The van der Waals surface area contributed by atoms with Crippen LogP contribution in [0.25, 0.3) is 11.1 Å². The van der Waals surface area contributed by atoms with Crippen molar-refractivity contribution in [2.45, 2.75) is 64.8 Å². The number of rotatable bonds is 18. The Morgan fingerprint density at radius 2 is 1.98 bits per heavy atom. The molecule has 17 nitrogen and oxygen atoms in total. The van der Waals surface area contributed by atoms with Crippen molar-refractivity contribution >= 4 is 50.2 Å². The number of carboxylic acid groups (broad SMARTS) is 1. The zero-order valence-electron chi connectivity index (χ0n) is 27.7. The molecule has 1 aromatic carbocycles. The highest BCUT2D eigenvalue weighted by Gasteiger charge is 2.57. The quantitative estimate of drug-likeness (QED) is 0.0419. The standard InChI is InChI=1S/C31H39N7O10S2/c1-4-5-10-36-15-21(16-37(36)14-19-12-33-13-19)20-6-8-22(9-7-20)46-17-26(29(41)42)47-35-27(24-18-49-30(32)34-24)25(39)11-23-28(40)38(31(23,2)3)48-50(43,44)45/h6-9,15-16,18-19,23,26,33H,4-5,10-14,17H2,1-3H3,(H3-,32,34,41,42,43,44,45)/b35-27-/t23-,26+/m1/s1. The van der Waals surface area contributed by atoms with Gasteiger partial charge in [0.1, 0.15) is 18.1 Å². The number of aliphatic carboxylic acids is 1. The van der Waals surface area contributed by atoms with Crippen LogP contribution in [0, 0.1) is 11.8 Å². The minimum atomic E-state index is -5.24. The first kappa shape index (κ1) is 36.8. The first-order valence-corrected chi connectivity index (χ1v) is 18.1. The number of unbranched alkanes of at least 4 members (excludes halogenated alkanes) is 1. The SMILES string of the molecule is CCCCn1cc(-c2ccc(OC[C@H](O/N=C(\C(=O)C[C@@H]3C(=O)N(OS(=O)(=O)[O-])C3(C)C)c3csc(N)n3)C(=O)O)cc2)c[n+]1CC1CNC1. The van der Waals surface area contributed by atoms with Crippen LogP contribution in [0.2, 0.25) is 0 Å². The van der Waals surface area contributed by atoms with Crippen LogP contribution < -0.4 is 20.5 Å². The fourth-order valence-electron chi connectivity index (χ4n) is 5.53. The molecule has 2 saturated heterocycles. The molecule has 0 saturated carbocycles. The van der Waals surface area contributed by atoms with Crippen LogP contribution in [-0.2, 0) is 47.0 Å². The van der Waals surface area contributed by atoms with Crippen molar-refractivity contribution in [3.05, 3.63) is 47.7 Å². The number of anilines is 1. The number of aryl methyl sites for hydroxylation is 1. The van der Waals surface area contributed by atoms with Gasteiger partial charge in [-0.2, -0.15) is 14.0 Å². The third-order valence-corrected chi connectivity index (χ3v) is 9.56. The minimum Gasteiger partial charge on any atom is -0.724 e. The van der Waals surface area contributed by atoms with Gasteiger partial charge in [-0.1, -0.05) is 30.6 Å². The molecule has 270 valence electrons. The largest absolute Gasteiger partial charge is 0.724 e. The van der Waals surface area contributed by atoms with E-state index in [0.29, 0.717) is 16.7 Å². The Morgan fingerprint density at radius 3 is 2.54 bits per heavy atom. The summed E-state index contributed by atoms with van der Waals surface area (Å²) in [6, 6.07) is 7.20. The summed E-state index contributed by atoms with van der Waals surface area (Å²) < 4.78 is 47.5. The number of β-lactam (4-membered cyclic amide) rings is 1. The number of ether oxygens (including phenoxy) is 1. The molecule has 4 N–H and O–H groups in total. The van der Waals surface area contributed by atoms with Gasteiger partial charge in [-0.15, -0.1) is 16.0 Å². The number of benzene rings is 1. The highest BCUT2D eigenvalue weighted by Crippen LogP contribution is 2.40. The van der Waals surface area contributed by atoms with E-state index in [0.717, 1.165) is 61.5 Å². The lowest BCUT2D eigenvalue weighted by Crippen LogP contribution is -2.68. The Morgan fingerprint density at radius 1 is 1.26 bits per heavy atom. The summed E-state index contributed by atoms with van der Waals surface area (Å²) in [6.07, 6.45) is 4.26. The van der Waals surface area contributed by atoms with Gasteiger partial charge in [0.25, 0.3) is 12.0 Å². The summed E-state index contributed by atoms with van der Waals surface area (Å²) in [6.45, 7) is 8.36. The molecule has 0 spiro atoms. The number of hydrogen-bond donors (Lipinski definition) is 3. The second-order valence-electron chi connectivity index (χ2n) is 12.6. The number of aromatic nitrogens is 3. The fourth-order valence-corrected chi connectivity index (χ4v) is 6.52. The van der Waals surface area contributed by atoms with E-state index >= 15 is 0 Å². The Kier molecular flexibility index (Phi) is 11.2. The second-order valence-corrected chi connectivity index (χ2v) is 14.5. The molecule has 2 aliphatic heterocycles. The van der Waals surface area contributed by atoms with Crippen molar-refractivity contribution in [3.63, 3.8) is 0 Å². The minimum absolute atomic E-state index is 0.0211. The van der Waals surface area contributed by atoms with Gasteiger partial charge >= 0.3 is 5.97 Å². The predicted octanol–water partition coefficient (Wildman–Crippen LogP) is 1.34. The highest BCUT2D eigenvalue weighted by molar-refractivity contribution is 7.80. The Balaban J connectivity index is 1.25. The number of carbonyl (C=O) groups is 3. The summed E-state index contributed by atoms with van der Waals surface area (Å²) in [5.41, 5.74) is 5.96. The number of carbonyl (C=O) groups excluding carboxylic acids is 2. The van der Waals surface area contributed by atoms with E-state index in [9.17, 15) is 32.5 Å². The van der Waals surface area contributed by atoms with Crippen molar-refractivity contribution in [3.8, 4) is 16.9 Å². The molecule has 0 aliphatic carbocycles. The van der Waals surface area contributed by atoms with Crippen LogP contribution in [0.1, 0.15) is 45.7 Å². The highest BCUT2D eigenvalue weighted by atomic mass is 32.3. The molecule has 5 rings (SSSR count). The molecule has 0 bridgehead atoms. The smallest absolute Gasteiger partial charge is 0.351 e. The summed E-state index contributed by atoms with van der Waals surface area (Å²) in [5.74, 6) is -3.23. The summed E-state index contributed by atoms with van der Waals surface area (Å²) in [7, 11) is -5.24. The van der Waals surface area contributed by atoms with Gasteiger partial charge in [0.2, 0.25) is 16.6 Å². The van der Waals surface area contributed by atoms with Crippen LogP contribution in [0.5, 0.6) is 5.75 Å². The maximum Gasteiger partial charge on any atom is 0.351 e. The van der Waals surface area contributed by atoms with Gasteiger partial charge in [-0.05, 0) is 38.0 Å².